The van der Waals surface area contributed by atoms with Crippen LogP contribution in [-0.2, 0) is 19.6 Å². The minimum absolute atomic E-state index is 0.0118. The minimum atomic E-state index is -3.68. The van der Waals surface area contributed by atoms with E-state index in [1.54, 1.807) is 6.07 Å². The van der Waals surface area contributed by atoms with Crippen molar-refractivity contribution in [1.29, 1.82) is 0 Å². The van der Waals surface area contributed by atoms with Crippen molar-refractivity contribution < 1.29 is 22.7 Å². The normalized spacial score (nSPS) is 19.0. The summed E-state index contributed by atoms with van der Waals surface area (Å²) in [6.45, 7) is 4.18. The Labute approximate surface area is 148 Å². The number of hydrogen-bond donors (Lipinski definition) is 1. The van der Waals surface area contributed by atoms with Gasteiger partial charge in [-0.15, -0.1) is 0 Å². The number of rotatable bonds is 6. The van der Waals surface area contributed by atoms with Gasteiger partial charge in [-0.3, -0.25) is 9.69 Å². The van der Waals surface area contributed by atoms with Gasteiger partial charge in [-0.05, 0) is 25.1 Å². The molecule has 1 saturated heterocycles. The minimum Gasteiger partial charge on any atom is -0.495 e. The lowest BCUT2D eigenvalue weighted by molar-refractivity contribution is -0.119. The monoisotopic (exact) mass is 371 g/mol. The molecule has 1 aromatic rings. The molecule has 0 bridgehead atoms. The van der Waals surface area contributed by atoms with Gasteiger partial charge in [-0.1, -0.05) is 0 Å². The molecule has 9 heteroatoms. The van der Waals surface area contributed by atoms with Crippen molar-refractivity contribution in [1.82, 2.24) is 9.21 Å². The van der Waals surface area contributed by atoms with Crippen LogP contribution in [0.1, 0.15) is 6.92 Å². The quantitative estimate of drug-likeness (QED) is 0.788. The maximum Gasteiger partial charge on any atom is 0.246 e. The number of hydrogen-bond acceptors (Lipinski definition) is 6. The molecule has 0 aliphatic carbocycles. The summed E-state index contributed by atoms with van der Waals surface area (Å²) in [6, 6.07) is 4.56. The highest BCUT2D eigenvalue weighted by Gasteiger charge is 2.23. The van der Waals surface area contributed by atoms with Crippen LogP contribution in [0.15, 0.2) is 23.1 Å². The van der Waals surface area contributed by atoms with E-state index < -0.39 is 10.0 Å². The van der Waals surface area contributed by atoms with Crippen molar-refractivity contribution in [3.63, 3.8) is 0 Å². The molecular formula is C16H25N3O5S. The first-order valence-corrected chi connectivity index (χ1v) is 9.42. The Morgan fingerprint density at radius 1 is 1.44 bits per heavy atom. The number of morpholine rings is 1. The highest BCUT2D eigenvalue weighted by molar-refractivity contribution is 7.89. The number of carbonyl (C=O) groups excluding carboxylic acids is 1. The van der Waals surface area contributed by atoms with E-state index in [-0.39, 0.29) is 29.2 Å². The van der Waals surface area contributed by atoms with Gasteiger partial charge in [0.05, 0.1) is 26.4 Å². The zero-order valence-electron chi connectivity index (χ0n) is 15.0. The van der Waals surface area contributed by atoms with E-state index in [1.807, 2.05) is 11.8 Å². The summed E-state index contributed by atoms with van der Waals surface area (Å²) in [4.78, 5) is 14.3. The molecule has 0 aromatic heterocycles. The number of nitrogens with one attached hydrogen (secondary N) is 1. The molecular weight excluding hydrogens is 346 g/mol. The molecule has 0 unspecified atom stereocenters. The van der Waals surface area contributed by atoms with Crippen LogP contribution in [-0.4, -0.2) is 77.1 Å². The third kappa shape index (κ3) is 4.91. The highest BCUT2D eigenvalue weighted by Crippen LogP contribution is 2.28. The largest absolute Gasteiger partial charge is 0.495 e. The number of methoxy groups -OCH3 is 1. The molecule has 0 radical (unpaired) electrons. The number of nitrogens with zero attached hydrogens (tertiary/aromatic N) is 2. The van der Waals surface area contributed by atoms with E-state index in [9.17, 15) is 13.2 Å². The van der Waals surface area contributed by atoms with Crippen LogP contribution in [0.25, 0.3) is 0 Å². The molecule has 1 heterocycles. The Hall–Kier alpha value is -1.68. The van der Waals surface area contributed by atoms with Gasteiger partial charge in [-0.2, -0.15) is 0 Å². The highest BCUT2D eigenvalue weighted by atomic mass is 32.2. The van der Waals surface area contributed by atoms with Gasteiger partial charge < -0.3 is 14.8 Å². The summed E-state index contributed by atoms with van der Waals surface area (Å²) in [7, 11) is 0.610. The molecule has 1 aliphatic heterocycles. The lowest BCUT2D eigenvalue weighted by Crippen LogP contribution is -2.44. The Kier molecular flexibility index (Phi) is 6.39. The van der Waals surface area contributed by atoms with Crippen molar-refractivity contribution in [2.45, 2.75) is 17.9 Å². The van der Waals surface area contributed by atoms with Crippen molar-refractivity contribution in [3.05, 3.63) is 18.2 Å². The van der Waals surface area contributed by atoms with E-state index >= 15 is 0 Å². The van der Waals surface area contributed by atoms with Crippen molar-refractivity contribution in [2.24, 2.45) is 0 Å². The van der Waals surface area contributed by atoms with Gasteiger partial charge >= 0.3 is 0 Å². The van der Waals surface area contributed by atoms with Crippen LogP contribution in [0.2, 0.25) is 0 Å². The van der Waals surface area contributed by atoms with E-state index in [0.717, 1.165) is 4.31 Å². The molecule has 1 aliphatic rings. The predicted octanol–water partition coefficient (Wildman–Crippen LogP) is 0.605. The fourth-order valence-electron chi connectivity index (χ4n) is 2.59. The van der Waals surface area contributed by atoms with Crippen molar-refractivity contribution in [3.8, 4) is 5.75 Å². The third-order valence-corrected chi connectivity index (χ3v) is 5.73. The smallest absolute Gasteiger partial charge is 0.246 e. The zero-order valence-corrected chi connectivity index (χ0v) is 15.8. The van der Waals surface area contributed by atoms with Crippen LogP contribution < -0.4 is 10.1 Å². The summed E-state index contributed by atoms with van der Waals surface area (Å²) in [5, 5.41) is 2.75. The molecule has 25 heavy (non-hydrogen) atoms. The van der Waals surface area contributed by atoms with E-state index in [2.05, 4.69) is 5.32 Å². The predicted molar refractivity (Wildman–Crippen MR) is 94.4 cm³/mol. The fraction of sp³-hybridized carbons (Fsp3) is 0.562. The summed E-state index contributed by atoms with van der Waals surface area (Å²) >= 11 is 0. The summed E-state index contributed by atoms with van der Waals surface area (Å²) in [5.74, 6) is 0.0289. The molecule has 1 atom stereocenters. The second kappa shape index (κ2) is 8.13. The zero-order chi connectivity index (χ0) is 18.6. The summed E-state index contributed by atoms with van der Waals surface area (Å²) < 4.78 is 36.5. The van der Waals surface area contributed by atoms with Gasteiger partial charge in [-0.25, -0.2) is 12.7 Å². The lowest BCUT2D eigenvalue weighted by atomic mass is 10.2. The van der Waals surface area contributed by atoms with E-state index in [0.29, 0.717) is 25.4 Å². The molecule has 140 valence electrons. The van der Waals surface area contributed by atoms with Gasteiger partial charge in [0.25, 0.3) is 0 Å². The number of sulfonamides is 1. The number of anilines is 1. The van der Waals surface area contributed by atoms with Gasteiger partial charge in [0.15, 0.2) is 0 Å². The average Bonchev–Trinajstić information content (AvgIpc) is 2.54. The first kappa shape index (κ1) is 19.6. The summed E-state index contributed by atoms with van der Waals surface area (Å²) in [6.07, 6.45) is 0.0966. The number of benzene rings is 1. The van der Waals surface area contributed by atoms with Crippen molar-refractivity contribution in [2.75, 3.05) is 52.8 Å². The second-order valence-corrected chi connectivity index (χ2v) is 8.24. The van der Waals surface area contributed by atoms with Gasteiger partial charge in [0.1, 0.15) is 10.6 Å². The fourth-order valence-corrected chi connectivity index (χ4v) is 3.67. The van der Waals surface area contributed by atoms with Crippen LogP contribution in [0.5, 0.6) is 5.75 Å². The average molecular weight is 371 g/mol. The number of ether oxygens (including phenoxy) is 2. The number of carbonyl (C=O) groups is 1. The third-order valence-electron chi connectivity index (χ3n) is 3.90. The summed E-state index contributed by atoms with van der Waals surface area (Å²) in [5.41, 5.74) is 0.410. The Morgan fingerprint density at radius 3 is 2.76 bits per heavy atom. The van der Waals surface area contributed by atoms with Crippen LogP contribution >= 0.6 is 0 Å². The molecule has 1 fully saturated rings. The SMILES string of the molecule is COc1ccc(NC(=O)CN2CCO[C@H](C)C2)cc1S(=O)(=O)N(C)C. The number of amides is 1. The topological polar surface area (TPSA) is 88.2 Å². The molecule has 0 spiro atoms. The standard InChI is InChI=1S/C16H25N3O5S/c1-12-10-19(7-8-24-12)11-16(20)17-13-5-6-14(23-4)15(9-13)25(21,22)18(2)3/h5-6,9,12H,7-8,10-11H2,1-4H3,(H,17,20)/t12-/m1/s1. The maximum absolute atomic E-state index is 12.4. The second-order valence-electron chi connectivity index (χ2n) is 6.12. The molecule has 8 nitrogen and oxygen atoms in total. The molecule has 1 aromatic carbocycles. The molecule has 0 saturated carbocycles. The molecule has 1 amide bonds. The van der Waals surface area contributed by atoms with Crippen molar-refractivity contribution >= 4 is 21.6 Å². The Balaban J connectivity index is 2.13. The van der Waals surface area contributed by atoms with Gasteiger partial charge in [0.2, 0.25) is 15.9 Å². The first-order valence-electron chi connectivity index (χ1n) is 7.98. The maximum atomic E-state index is 12.4. The molecule has 1 N–H and O–H groups in total. The van der Waals surface area contributed by atoms with E-state index in [4.69, 9.17) is 9.47 Å². The first-order chi connectivity index (χ1) is 11.7. The van der Waals surface area contributed by atoms with Crippen LogP contribution in [0, 0.1) is 0 Å². The Morgan fingerprint density at radius 2 is 2.16 bits per heavy atom. The Bertz CT molecular complexity index is 720. The van der Waals surface area contributed by atoms with Gasteiger partial charge in [0, 0.05) is 32.9 Å². The molecule has 2 rings (SSSR count). The van der Waals surface area contributed by atoms with Crippen LogP contribution in [0.4, 0.5) is 5.69 Å². The van der Waals surface area contributed by atoms with Crippen LogP contribution in [0.3, 0.4) is 0 Å². The lowest BCUT2D eigenvalue weighted by Gasteiger charge is -2.30. The van der Waals surface area contributed by atoms with E-state index in [1.165, 1.54) is 33.3 Å².